The third-order valence-electron chi connectivity index (χ3n) is 4.53. The van der Waals surface area contributed by atoms with E-state index in [1.54, 1.807) is 13.0 Å². The number of nitrogens with one attached hydrogen (secondary N) is 1. The van der Waals surface area contributed by atoms with E-state index in [1.807, 2.05) is 5.32 Å². The van der Waals surface area contributed by atoms with Crippen molar-refractivity contribution in [2.75, 3.05) is 13.7 Å². The molecule has 0 unspecified atom stereocenters. The molecule has 0 saturated carbocycles. The van der Waals surface area contributed by atoms with Gasteiger partial charge in [0.1, 0.15) is 5.75 Å². The summed E-state index contributed by atoms with van der Waals surface area (Å²) in [6.07, 6.45) is -3.38. The van der Waals surface area contributed by atoms with Crippen LogP contribution in [0.15, 0.2) is 36.4 Å². The van der Waals surface area contributed by atoms with Crippen molar-refractivity contribution in [3.8, 4) is 23.1 Å². The Balaban J connectivity index is 2.65. The molecule has 0 atom stereocenters. The molecule has 2 rings (SSSR count). The molecule has 164 valence electrons. The summed E-state index contributed by atoms with van der Waals surface area (Å²) in [6, 6.07) is 6.98. The van der Waals surface area contributed by atoms with Crippen LogP contribution in [0.5, 0.6) is 5.75 Å². The van der Waals surface area contributed by atoms with E-state index >= 15 is 0 Å². The highest BCUT2D eigenvalue weighted by Crippen LogP contribution is 2.38. The topological polar surface area (TPSA) is 103 Å². The largest absolute Gasteiger partial charge is 0.496 e. The predicted octanol–water partition coefficient (Wildman–Crippen LogP) is 4.02. The van der Waals surface area contributed by atoms with Crippen LogP contribution in [0.4, 0.5) is 18.0 Å². The number of rotatable bonds is 7. The Morgan fingerprint density at radius 1 is 1.19 bits per heavy atom. The van der Waals surface area contributed by atoms with Gasteiger partial charge in [-0.1, -0.05) is 12.1 Å². The molecule has 0 aliphatic heterocycles. The maximum atomic E-state index is 13.3. The van der Waals surface area contributed by atoms with Gasteiger partial charge in [0.15, 0.2) is 6.19 Å². The zero-order valence-corrected chi connectivity index (χ0v) is 16.8. The van der Waals surface area contributed by atoms with Crippen LogP contribution in [0.2, 0.25) is 0 Å². The standard InChI is InChI=1S/C21H20F3N3O4/c1-3-27(20(30)26-12-25)11-14-10-15(21(22,23)24)5-6-16(14)17-8-13(9-19(28)29)4-7-18(17)31-2/h4-8,10H,3,9,11H2,1-2H3,(H,26,30)(H,28,29). The number of hydrogen-bond acceptors (Lipinski definition) is 4. The molecule has 2 aromatic carbocycles. The van der Waals surface area contributed by atoms with Gasteiger partial charge in [0.2, 0.25) is 0 Å². The van der Waals surface area contributed by atoms with Crippen molar-refractivity contribution in [3.05, 3.63) is 53.1 Å². The van der Waals surface area contributed by atoms with E-state index in [2.05, 4.69) is 0 Å². The minimum atomic E-state index is -4.60. The number of hydrogen-bond donors (Lipinski definition) is 2. The lowest BCUT2D eigenvalue weighted by molar-refractivity contribution is -0.138. The van der Waals surface area contributed by atoms with Gasteiger partial charge >= 0.3 is 18.2 Å². The van der Waals surface area contributed by atoms with Crippen molar-refractivity contribution in [1.82, 2.24) is 10.2 Å². The lowest BCUT2D eigenvalue weighted by Crippen LogP contribution is -2.37. The second kappa shape index (κ2) is 9.84. The zero-order valence-electron chi connectivity index (χ0n) is 16.8. The highest BCUT2D eigenvalue weighted by atomic mass is 19.4. The van der Waals surface area contributed by atoms with Crippen molar-refractivity contribution in [3.63, 3.8) is 0 Å². The fourth-order valence-electron chi connectivity index (χ4n) is 3.07. The normalized spacial score (nSPS) is 10.8. The summed E-state index contributed by atoms with van der Waals surface area (Å²) >= 11 is 0. The maximum Gasteiger partial charge on any atom is 0.416 e. The van der Waals surface area contributed by atoms with E-state index in [9.17, 15) is 22.8 Å². The first kappa shape index (κ1) is 23.5. The molecule has 0 radical (unpaired) electrons. The summed E-state index contributed by atoms with van der Waals surface area (Å²) < 4.78 is 45.3. The van der Waals surface area contributed by atoms with Gasteiger partial charge in [0.05, 0.1) is 19.1 Å². The van der Waals surface area contributed by atoms with E-state index in [1.165, 1.54) is 36.4 Å². The third-order valence-corrected chi connectivity index (χ3v) is 4.53. The van der Waals surface area contributed by atoms with Crippen LogP contribution >= 0.6 is 0 Å². The molecule has 0 bridgehead atoms. The van der Waals surface area contributed by atoms with Crippen molar-refractivity contribution >= 4 is 12.0 Å². The van der Waals surface area contributed by atoms with Crippen LogP contribution in [0.25, 0.3) is 11.1 Å². The van der Waals surface area contributed by atoms with Gasteiger partial charge in [-0.2, -0.15) is 18.4 Å². The van der Waals surface area contributed by atoms with E-state index in [-0.39, 0.29) is 25.1 Å². The summed E-state index contributed by atoms with van der Waals surface area (Å²) in [6.45, 7) is 1.55. The number of ether oxygens (including phenoxy) is 1. The number of carbonyl (C=O) groups is 2. The Labute approximate surface area is 176 Å². The van der Waals surface area contributed by atoms with Crippen LogP contribution in [0.1, 0.15) is 23.6 Å². The maximum absolute atomic E-state index is 13.3. The van der Waals surface area contributed by atoms with Gasteiger partial charge in [-0.15, -0.1) is 0 Å². The average Bonchev–Trinajstić information content (AvgIpc) is 2.70. The summed E-state index contributed by atoms with van der Waals surface area (Å²) in [4.78, 5) is 24.3. The first-order valence-electron chi connectivity index (χ1n) is 9.13. The molecule has 0 fully saturated rings. The number of urea groups is 1. The monoisotopic (exact) mass is 435 g/mol. The number of aliphatic carboxylic acids is 1. The molecule has 0 aliphatic rings. The number of carbonyl (C=O) groups excluding carboxylic acids is 1. The Bertz CT molecular complexity index is 1020. The number of halogens is 3. The lowest BCUT2D eigenvalue weighted by atomic mass is 9.94. The van der Waals surface area contributed by atoms with E-state index in [0.717, 1.165) is 12.1 Å². The second-order valence-electron chi connectivity index (χ2n) is 6.53. The number of carboxylic acid groups (broad SMARTS) is 1. The molecular formula is C21H20F3N3O4. The number of nitriles is 1. The molecule has 0 aliphatic carbocycles. The number of benzene rings is 2. The molecule has 10 heteroatoms. The summed E-state index contributed by atoms with van der Waals surface area (Å²) in [5.74, 6) is -0.728. The van der Waals surface area contributed by atoms with Gasteiger partial charge < -0.3 is 14.7 Å². The molecule has 0 spiro atoms. The van der Waals surface area contributed by atoms with Gasteiger partial charge in [0, 0.05) is 18.7 Å². The highest BCUT2D eigenvalue weighted by Gasteiger charge is 2.31. The van der Waals surface area contributed by atoms with Crippen molar-refractivity contribution in [2.24, 2.45) is 0 Å². The molecule has 31 heavy (non-hydrogen) atoms. The lowest BCUT2D eigenvalue weighted by Gasteiger charge is -2.23. The Morgan fingerprint density at radius 2 is 1.90 bits per heavy atom. The fourth-order valence-corrected chi connectivity index (χ4v) is 3.07. The fraction of sp³-hybridized carbons (Fsp3) is 0.286. The van der Waals surface area contributed by atoms with Gasteiger partial charge in [0.25, 0.3) is 0 Å². The van der Waals surface area contributed by atoms with Gasteiger partial charge in [-0.05, 0) is 47.9 Å². The van der Waals surface area contributed by atoms with Crippen molar-refractivity contribution < 1.29 is 32.6 Å². The molecular weight excluding hydrogens is 415 g/mol. The number of alkyl halides is 3. The molecule has 2 aromatic rings. The molecule has 7 nitrogen and oxygen atoms in total. The first-order valence-corrected chi connectivity index (χ1v) is 9.13. The van der Waals surface area contributed by atoms with Crippen LogP contribution < -0.4 is 10.1 Å². The van der Waals surface area contributed by atoms with Crippen molar-refractivity contribution in [1.29, 1.82) is 5.26 Å². The van der Waals surface area contributed by atoms with Crippen LogP contribution in [0.3, 0.4) is 0 Å². The minimum absolute atomic E-state index is 0.138. The van der Waals surface area contributed by atoms with Gasteiger partial charge in [-0.3, -0.25) is 4.79 Å². The Hall–Kier alpha value is -3.74. The predicted molar refractivity (Wildman–Crippen MR) is 105 cm³/mol. The SMILES string of the molecule is CCN(Cc1cc(C(F)(F)F)ccc1-c1cc(CC(=O)O)ccc1OC)C(=O)NC#N. The van der Waals surface area contributed by atoms with E-state index in [0.29, 0.717) is 22.4 Å². The molecule has 2 N–H and O–H groups in total. The Morgan fingerprint density at radius 3 is 2.45 bits per heavy atom. The zero-order chi connectivity index (χ0) is 23.2. The molecule has 0 aromatic heterocycles. The highest BCUT2D eigenvalue weighted by molar-refractivity contribution is 5.79. The van der Waals surface area contributed by atoms with Crippen LogP contribution in [0, 0.1) is 11.5 Å². The second-order valence-corrected chi connectivity index (χ2v) is 6.53. The first-order chi connectivity index (χ1) is 14.6. The molecule has 2 amide bonds. The third kappa shape index (κ3) is 5.88. The quantitative estimate of drug-likeness (QED) is 0.505. The number of nitrogens with zero attached hydrogens (tertiary/aromatic N) is 2. The smallest absolute Gasteiger partial charge is 0.416 e. The van der Waals surface area contributed by atoms with E-state index in [4.69, 9.17) is 15.1 Å². The summed E-state index contributed by atoms with van der Waals surface area (Å²) in [5.41, 5.74) is 0.435. The summed E-state index contributed by atoms with van der Waals surface area (Å²) in [5, 5.41) is 19.7. The average molecular weight is 435 g/mol. The Kier molecular flexibility index (Phi) is 7.47. The van der Waals surface area contributed by atoms with Crippen LogP contribution in [-0.2, 0) is 23.9 Å². The molecule has 0 heterocycles. The van der Waals surface area contributed by atoms with Crippen LogP contribution in [-0.4, -0.2) is 35.7 Å². The number of amides is 2. The van der Waals surface area contributed by atoms with Crippen molar-refractivity contribution in [2.45, 2.75) is 26.1 Å². The number of carboxylic acids is 1. The minimum Gasteiger partial charge on any atom is -0.496 e. The van der Waals surface area contributed by atoms with E-state index < -0.39 is 23.7 Å². The molecule has 0 saturated heterocycles. The van der Waals surface area contributed by atoms with Gasteiger partial charge in [-0.25, -0.2) is 10.1 Å². The number of methoxy groups -OCH3 is 1. The summed E-state index contributed by atoms with van der Waals surface area (Å²) in [7, 11) is 1.39.